The van der Waals surface area contributed by atoms with E-state index in [2.05, 4.69) is 5.32 Å². The minimum Gasteiger partial charge on any atom is -0.492 e. The average molecular weight is 406 g/mol. The lowest BCUT2D eigenvalue weighted by Gasteiger charge is -2.22. The molecular weight excluding hydrogens is 387 g/mol. The SMILES string of the molecule is CC1(c2ccc(S(C)(=O)=O)cc2)NC(=O)N(CCOc2ccc(F)cc2)C1=O. The third-order valence-electron chi connectivity index (χ3n) is 4.53. The molecule has 9 heteroatoms. The van der Waals surface area contributed by atoms with Gasteiger partial charge in [0.25, 0.3) is 5.91 Å². The van der Waals surface area contributed by atoms with Crippen molar-refractivity contribution in [1.29, 1.82) is 0 Å². The summed E-state index contributed by atoms with van der Waals surface area (Å²) in [6, 6.07) is 10.7. The number of imide groups is 1. The zero-order chi connectivity index (χ0) is 20.5. The average Bonchev–Trinajstić information content (AvgIpc) is 2.86. The molecule has 1 heterocycles. The second-order valence-corrected chi connectivity index (χ2v) is 8.63. The van der Waals surface area contributed by atoms with E-state index in [4.69, 9.17) is 4.74 Å². The van der Waals surface area contributed by atoms with Gasteiger partial charge in [0.1, 0.15) is 23.7 Å². The monoisotopic (exact) mass is 406 g/mol. The zero-order valence-corrected chi connectivity index (χ0v) is 16.1. The van der Waals surface area contributed by atoms with Crippen molar-refractivity contribution in [2.75, 3.05) is 19.4 Å². The lowest BCUT2D eigenvalue weighted by molar-refractivity contribution is -0.131. The smallest absolute Gasteiger partial charge is 0.325 e. The Morgan fingerprint density at radius 1 is 1.07 bits per heavy atom. The Morgan fingerprint density at radius 3 is 2.25 bits per heavy atom. The highest BCUT2D eigenvalue weighted by Crippen LogP contribution is 2.29. The summed E-state index contributed by atoms with van der Waals surface area (Å²) in [4.78, 5) is 26.3. The molecule has 0 bridgehead atoms. The Hall–Kier alpha value is -2.94. The van der Waals surface area contributed by atoms with Crippen LogP contribution in [0.1, 0.15) is 12.5 Å². The number of hydrogen-bond acceptors (Lipinski definition) is 5. The maximum Gasteiger partial charge on any atom is 0.325 e. The maximum atomic E-state index is 12.9. The van der Waals surface area contributed by atoms with Crippen LogP contribution in [-0.4, -0.2) is 44.7 Å². The molecule has 1 atom stereocenters. The van der Waals surface area contributed by atoms with Crippen LogP contribution in [0.25, 0.3) is 0 Å². The first-order valence-electron chi connectivity index (χ1n) is 8.44. The van der Waals surface area contributed by atoms with Crippen molar-refractivity contribution in [3.63, 3.8) is 0 Å². The van der Waals surface area contributed by atoms with Crippen molar-refractivity contribution in [3.8, 4) is 5.75 Å². The van der Waals surface area contributed by atoms with E-state index in [1.165, 1.54) is 48.5 Å². The summed E-state index contributed by atoms with van der Waals surface area (Å²) in [6.45, 7) is 1.62. The van der Waals surface area contributed by atoms with Gasteiger partial charge in [0.05, 0.1) is 11.4 Å². The molecule has 1 fully saturated rings. The number of sulfone groups is 1. The molecule has 148 valence electrons. The Bertz CT molecular complexity index is 1010. The van der Waals surface area contributed by atoms with Gasteiger partial charge in [-0.05, 0) is 48.9 Å². The van der Waals surface area contributed by atoms with Crippen LogP contribution in [0.5, 0.6) is 5.75 Å². The summed E-state index contributed by atoms with van der Waals surface area (Å²) in [5.41, 5.74) is -0.830. The second kappa shape index (κ2) is 7.23. The van der Waals surface area contributed by atoms with Gasteiger partial charge in [-0.2, -0.15) is 0 Å². The number of ether oxygens (including phenoxy) is 1. The van der Waals surface area contributed by atoms with E-state index in [1.807, 2.05) is 0 Å². The number of urea groups is 1. The minimum absolute atomic E-state index is 0.0130. The fraction of sp³-hybridized carbons (Fsp3) is 0.263. The second-order valence-electron chi connectivity index (χ2n) is 6.61. The third kappa shape index (κ3) is 3.84. The number of carbonyl (C=O) groups excluding carboxylic acids is 2. The normalized spacial score (nSPS) is 19.6. The van der Waals surface area contributed by atoms with Gasteiger partial charge in [0.15, 0.2) is 9.84 Å². The first kappa shape index (κ1) is 19.8. The lowest BCUT2D eigenvalue weighted by Crippen LogP contribution is -2.41. The van der Waals surface area contributed by atoms with Gasteiger partial charge < -0.3 is 10.1 Å². The number of carbonyl (C=O) groups is 2. The molecule has 3 amide bonds. The van der Waals surface area contributed by atoms with Gasteiger partial charge in [0, 0.05) is 6.26 Å². The fourth-order valence-electron chi connectivity index (χ4n) is 2.92. The van der Waals surface area contributed by atoms with E-state index in [1.54, 1.807) is 6.92 Å². The van der Waals surface area contributed by atoms with E-state index >= 15 is 0 Å². The molecule has 1 saturated heterocycles. The van der Waals surface area contributed by atoms with E-state index in [9.17, 15) is 22.4 Å². The molecule has 0 aromatic heterocycles. The number of nitrogens with zero attached hydrogens (tertiary/aromatic N) is 1. The molecule has 28 heavy (non-hydrogen) atoms. The van der Waals surface area contributed by atoms with Gasteiger partial charge in [-0.1, -0.05) is 12.1 Å². The summed E-state index contributed by atoms with van der Waals surface area (Å²) >= 11 is 0. The number of nitrogens with one attached hydrogen (secondary N) is 1. The Balaban J connectivity index is 1.70. The highest BCUT2D eigenvalue weighted by molar-refractivity contribution is 7.90. The molecule has 1 aliphatic rings. The van der Waals surface area contributed by atoms with Crippen molar-refractivity contribution in [2.45, 2.75) is 17.4 Å². The van der Waals surface area contributed by atoms with Crippen LogP contribution in [-0.2, 0) is 20.2 Å². The van der Waals surface area contributed by atoms with Crippen LogP contribution < -0.4 is 10.1 Å². The molecule has 0 saturated carbocycles. The molecule has 0 spiro atoms. The summed E-state index contributed by atoms with van der Waals surface area (Å²) < 4.78 is 41.5. The highest BCUT2D eigenvalue weighted by Gasteiger charge is 2.48. The van der Waals surface area contributed by atoms with Crippen molar-refractivity contribution < 1.29 is 27.1 Å². The van der Waals surface area contributed by atoms with Gasteiger partial charge in [-0.25, -0.2) is 17.6 Å². The van der Waals surface area contributed by atoms with Gasteiger partial charge in [0.2, 0.25) is 0 Å². The van der Waals surface area contributed by atoms with E-state index in [0.717, 1.165) is 11.2 Å². The molecule has 2 aromatic rings. The molecule has 7 nitrogen and oxygen atoms in total. The van der Waals surface area contributed by atoms with Gasteiger partial charge in [-0.3, -0.25) is 9.69 Å². The Labute approximate surface area is 162 Å². The molecule has 1 aliphatic heterocycles. The van der Waals surface area contributed by atoms with Crippen molar-refractivity contribution >= 4 is 21.8 Å². The Morgan fingerprint density at radius 2 is 1.68 bits per heavy atom. The fourth-order valence-corrected chi connectivity index (χ4v) is 3.55. The topological polar surface area (TPSA) is 92.8 Å². The minimum atomic E-state index is -3.36. The molecule has 0 radical (unpaired) electrons. The summed E-state index contributed by atoms with van der Waals surface area (Å²) in [7, 11) is -3.36. The van der Waals surface area contributed by atoms with Crippen LogP contribution in [0.15, 0.2) is 53.4 Å². The summed E-state index contributed by atoms with van der Waals surface area (Å²) in [5, 5.41) is 2.64. The highest BCUT2D eigenvalue weighted by atomic mass is 32.2. The number of halogens is 1. The van der Waals surface area contributed by atoms with Gasteiger partial charge in [-0.15, -0.1) is 0 Å². The lowest BCUT2D eigenvalue weighted by atomic mass is 9.92. The van der Waals surface area contributed by atoms with Crippen LogP contribution in [0, 0.1) is 5.82 Å². The van der Waals surface area contributed by atoms with Crippen LogP contribution >= 0.6 is 0 Å². The summed E-state index contributed by atoms with van der Waals surface area (Å²) in [6.07, 6.45) is 1.09. The standard InChI is InChI=1S/C19H19FN2O5S/c1-19(13-3-9-16(10-4-13)28(2,25)26)17(23)22(18(24)21-19)11-12-27-15-7-5-14(20)6-8-15/h3-10H,11-12H2,1-2H3,(H,21,24). The molecule has 3 rings (SSSR count). The molecular formula is C19H19FN2O5S. The van der Waals surface area contributed by atoms with Crippen LogP contribution in [0.3, 0.4) is 0 Å². The quantitative estimate of drug-likeness (QED) is 0.742. The maximum absolute atomic E-state index is 12.9. The van der Waals surface area contributed by atoms with E-state index < -0.39 is 27.3 Å². The molecule has 0 aliphatic carbocycles. The van der Waals surface area contributed by atoms with Crippen LogP contribution in [0.4, 0.5) is 9.18 Å². The molecule has 2 aromatic carbocycles. The first-order valence-corrected chi connectivity index (χ1v) is 10.3. The van der Waals surface area contributed by atoms with Crippen molar-refractivity contribution in [2.24, 2.45) is 0 Å². The number of amides is 3. The summed E-state index contributed by atoms with van der Waals surface area (Å²) in [5.74, 6) is -0.431. The molecule has 1 unspecified atom stereocenters. The molecule has 1 N–H and O–H groups in total. The Kier molecular flexibility index (Phi) is 5.12. The first-order chi connectivity index (χ1) is 13.1. The van der Waals surface area contributed by atoms with E-state index in [0.29, 0.717) is 11.3 Å². The largest absolute Gasteiger partial charge is 0.492 e. The van der Waals surface area contributed by atoms with E-state index in [-0.39, 0.29) is 23.9 Å². The number of hydrogen-bond donors (Lipinski definition) is 1. The van der Waals surface area contributed by atoms with Gasteiger partial charge >= 0.3 is 6.03 Å². The van der Waals surface area contributed by atoms with Crippen molar-refractivity contribution in [1.82, 2.24) is 10.2 Å². The zero-order valence-electron chi connectivity index (χ0n) is 15.3. The van der Waals surface area contributed by atoms with Crippen molar-refractivity contribution in [3.05, 3.63) is 59.9 Å². The number of rotatable bonds is 6. The predicted molar refractivity (Wildman–Crippen MR) is 99.0 cm³/mol. The third-order valence-corrected chi connectivity index (χ3v) is 5.66. The number of benzene rings is 2. The predicted octanol–water partition coefficient (Wildman–Crippen LogP) is 2.08. The van der Waals surface area contributed by atoms with Crippen LogP contribution in [0.2, 0.25) is 0 Å².